The van der Waals surface area contributed by atoms with Gasteiger partial charge in [0.1, 0.15) is 11.4 Å². The number of nitrogens with one attached hydrogen (secondary N) is 1. The van der Waals surface area contributed by atoms with Gasteiger partial charge in [-0.15, -0.1) is 0 Å². The molecule has 1 aromatic heterocycles. The Morgan fingerprint density at radius 3 is 2.54 bits per heavy atom. The fourth-order valence-electron chi connectivity index (χ4n) is 2.77. The molecule has 1 unspecified atom stereocenters. The second-order valence-corrected chi connectivity index (χ2v) is 6.21. The van der Waals surface area contributed by atoms with Crippen molar-refractivity contribution in [2.75, 3.05) is 0 Å². The zero-order chi connectivity index (χ0) is 17.3. The van der Waals surface area contributed by atoms with Gasteiger partial charge in [-0.05, 0) is 61.7 Å². The molecule has 0 aliphatic carbocycles. The predicted molar refractivity (Wildman–Crippen MR) is 92.3 cm³/mol. The number of carbonyl (C=O) groups is 1. The Morgan fingerprint density at radius 1 is 1.17 bits per heavy atom. The van der Waals surface area contributed by atoms with E-state index in [1.54, 1.807) is 18.4 Å². The van der Waals surface area contributed by atoms with E-state index in [9.17, 15) is 9.18 Å². The van der Waals surface area contributed by atoms with Crippen LogP contribution in [-0.4, -0.2) is 5.91 Å². The number of fused-ring (bicyclic) bond motifs is 1. The highest BCUT2D eigenvalue weighted by Crippen LogP contribution is 2.25. The molecule has 124 valence electrons. The van der Waals surface area contributed by atoms with Crippen LogP contribution in [-0.2, 0) is 11.2 Å². The molecule has 0 spiro atoms. The zero-order valence-electron chi connectivity index (χ0n) is 14.0. The lowest BCUT2D eigenvalue weighted by molar-refractivity contribution is -0.121. The predicted octanol–water partition coefficient (Wildman–Crippen LogP) is 4.61. The van der Waals surface area contributed by atoms with E-state index in [1.165, 1.54) is 17.7 Å². The molecule has 0 aliphatic rings. The van der Waals surface area contributed by atoms with Crippen LogP contribution in [0.3, 0.4) is 0 Å². The van der Waals surface area contributed by atoms with Gasteiger partial charge in [0.05, 0.1) is 18.7 Å². The summed E-state index contributed by atoms with van der Waals surface area (Å²) in [6.45, 7) is 5.96. The quantitative estimate of drug-likeness (QED) is 0.761. The fraction of sp³-hybridized carbons (Fsp3) is 0.250. The van der Waals surface area contributed by atoms with E-state index in [0.717, 1.165) is 27.7 Å². The van der Waals surface area contributed by atoms with Crippen LogP contribution in [0.15, 0.2) is 47.1 Å². The number of halogens is 1. The maximum absolute atomic E-state index is 13.0. The Morgan fingerprint density at radius 2 is 1.83 bits per heavy atom. The van der Waals surface area contributed by atoms with Crippen LogP contribution in [0.2, 0.25) is 0 Å². The number of amides is 1. The SMILES string of the molecule is Cc1cc2occ(CC(=O)NC(C)c3ccc(F)cc3)c2cc1C. The molecule has 1 amide bonds. The van der Waals surface area contributed by atoms with Gasteiger partial charge >= 0.3 is 0 Å². The van der Waals surface area contributed by atoms with Crippen molar-refractivity contribution in [1.82, 2.24) is 5.32 Å². The van der Waals surface area contributed by atoms with E-state index in [4.69, 9.17) is 4.42 Å². The zero-order valence-corrected chi connectivity index (χ0v) is 14.0. The van der Waals surface area contributed by atoms with E-state index in [1.807, 2.05) is 26.8 Å². The number of hydrogen-bond donors (Lipinski definition) is 1. The Kier molecular flexibility index (Phi) is 4.38. The first kappa shape index (κ1) is 16.2. The highest BCUT2D eigenvalue weighted by atomic mass is 19.1. The number of furan rings is 1. The topological polar surface area (TPSA) is 42.2 Å². The van der Waals surface area contributed by atoms with Crippen molar-refractivity contribution in [2.45, 2.75) is 33.2 Å². The monoisotopic (exact) mass is 325 g/mol. The van der Waals surface area contributed by atoms with Crippen molar-refractivity contribution >= 4 is 16.9 Å². The minimum atomic E-state index is -0.284. The van der Waals surface area contributed by atoms with Crippen LogP contribution in [0.25, 0.3) is 11.0 Å². The lowest BCUT2D eigenvalue weighted by Gasteiger charge is -2.14. The average molecular weight is 325 g/mol. The summed E-state index contributed by atoms with van der Waals surface area (Å²) in [4.78, 5) is 12.3. The van der Waals surface area contributed by atoms with Gasteiger partial charge < -0.3 is 9.73 Å². The Balaban J connectivity index is 1.73. The Bertz CT molecular complexity index is 881. The molecule has 1 heterocycles. The molecule has 2 aromatic carbocycles. The maximum atomic E-state index is 13.0. The molecule has 0 bridgehead atoms. The summed E-state index contributed by atoms with van der Waals surface area (Å²) in [6, 6.07) is 10.0. The van der Waals surface area contributed by atoms with Crippen molar-refractivity contribution in [3.05, 3.63) is 70.7 Å². The van der Waals surface area contributed by atoms with Crippen LogP contribution in [0.1, 0.15) is 35.2 Å². The molecule has 24 heavy (non-hydrogen) atoms. The highest BCUT2D eigenvalue weighted by molar-refractivity contribution is 5.88. The maximum Gasteiger partial charge on any atom is 0.225 e. The minimum absolute atomic E-state index is 0.0900. The highest BCUT2D eigenvalue weighted by Gasteiger charge is 2.14. The third-order valence-electron chi connectivity index (χ3n) is 4.37. The largest absolute Gasteiger partial charge is 0.464 e. The van der Waals surface area contributed by atoms with E-state index in [2.05, 4.69) is 11.4 Å². The van der Waals surface area contributed by atoms with E-state index >= 15 is 0 Å². The molecular weight excluding hydrogens is 305 g/mol. The van der Waals surface area contributed by atoms with Gasteiger partial charge in [-0.2, -0.15) is 0 Å². The van der Waals surface area contributed by atoms with Crippen molar-refractivity contribution in [3.8, 4) is 0 Å². The summed E-state index contributed by atoms with van der Waals surface area (Å²) in [7, 11) is 0. The summed E-state index contributed by atoms with van der Waals surface area (Å²) >= 11 is 0. The summed E-state index contributed by atoms with van der Waals surface area (Å²) in [5.74, 6) is -0.374. The van der Waals surface area contributed by atoms with E-state index in [-0.39, 0.29) is 24.2 Å². The van der Waals surface area contributed by atoms with Gasteiger partial charge in [0.15, 0.2) is 0 Å². The number of carbonyl (C=O) groups excluding carboxylic acids is 1. The van der Waals surface area contributed by atoms with E-state index in [0.29, 0.717) is 0 Å². The molecule has 4 heteroatoms. The second kappa shape index (κ2) is 6.48. The lowest BCUT2D eigenvalue weighted by Crippen LogP contribution is -2.28. The molecule has 3 nitrogen and oxygen atoms in total. The Labute approximate surface area is 140 Å². The standard InChI is InChI=1S/C20H20FNO2/c1-12-8-18-16(11-24-19(18)9-13(12)2)10-20(23)22-14(3)15-4-6-17(21)7-5-15/h4-9,11,14H,10H2,1-3H3,(H,22,23). The first-order chi connectivity index (χ1) is 11.4. The summed E-state index contributed by atoms with van der Waals surface area (Å²) in [6.07, 6.45) is 1.90. The Hall–Kier alpha value is -2.62. The van der Waals surface area contributed by atoms with Gasteiger partial charge in [0, 0.05) is 10.9 Å². The average Bonchev–Trinajstić information content (AvgIpc) is 2.90. The summed E-state index contributed by atoms with van der Waals surface area (Å²) < 4.78 is 18.5. The van der Waals surface area contributed by atoms with Crippen molar-refractivity contribution in [1.29, 1.82) is 0 Å². The van der Waals surface area contributed by atoms with Crippen molar-refractivity contribution < 1.29 is 13.6 Å². The molecule has 0 aliphatic heterocycles. The molecule has 0 saturated carbocycles. The summed E-state index contributed by atoms with van der Waals surface area (Å²) in [5.41, 5.74) is 4.88. The van der Waals surface area contributed by atoms with Gasteiger partial charge in [0.2, 0.25) is 5.91 Å². The van der Waals surface area contributed by atoms with E-state index < -0.39 is 0 Å². The lowest BCUT2D eigenvalue weighted by atomic mass is 10.0. The molecule has 3 rings (SSSR count). The van der Waals surface area contributed by atoms with Crippen molar-refractivity contribution in [2.24, 2.45) is 0 Å². The van der Waals surface area contributed by atoms with Crippen LogP contribution in [0.5, 0.6) is 0 Å². The number of hydrogen-bond acceptors (Lipinski definition) is 2. The third kappa shape index (κ3) is 3.32. The van der Waals surface area contributed by atoms with Gasteiger partial charge in [-0.25, -0.2) is 4.39 Å². The number of aryl methyl sites for hydroxylation is 2. The van der Waals surface area contributed by atoms with Crippen LogP contribution in [0.4, 0.5) is 4.39 Å². The van der Waals surface area contributed by atoms with Crippen LogP contribution in [0, 0.1) is 19.7 Å². The third-order valence-corrected chi connectivity index (χ3v) is 4.37. The van der Waals surface area contributed by atoms with Crippen LogP contribution >= 0.6 is 0 Å². The summed E-state index contributed by atoms with van der Waals surface area (Å²) in [5, 5.41) is 3.92. The molecule has 0 saturated heterocycles. The molecule has 1 N–H and O–H groups in total. The molecule has 0 radical (unpaired) electrons. The second-order valence-electron chi connectivity index (χ2n) is 6.21. The fourth-order valence-corrected chi connectivity index (χ4v) is 2.77. The first-order valence-corrected chi connectivity index (χ1v) is 7.96. The van der Waals surface area contributed by atoms with Gasteiger partial charge in [-0.1, -0.05) is 12.1 Å². The molecule has 3 aromatic rings. The van der Waals surface area contributed by atoms with Crippen molar-refractivity contribution in [3.63, 3.8) is 0 Å². The first-order valence-electron chi connectivity index (χ1n) is 7.96. The number of benzene rings is 2. The minimum Gasteiger partial charge on any atom is -0.464 e. The molecule has 1 atom stereocenters. The van der Waals surface area contributed by atoms with Gasteiger partial charge in [-0.3, -0.25) is 4.79 Å². The van der Waals surface area contributed by atoms with Gasteiger partial charge in [0.25, 0.3) is 0 Å². The molecule has 0 fully saturated rings. The number of rotatable bonds is 4. The molecular formula is C20H20FNO2. The normalized spacial score (nSPS) is 12.3. The smallest absolute Gasteiger partial charge is 0.225 e. The van der Waals surface area contributed by atoms with Crippen LogP contribution < -0.4 is 5.32 Å².